The van der Waals surface area contributed by atoms with Crippen molar-refractivity contribution in [3.63, 3.8) is 0 Å². The number of carbonyl (C=O) groups excluding carboxylic acids is 1. The molecule has 0 aliphatic carbocycles. The lowest BCUT2D eigenvalue weighted by Gasteiger charge is -2.46. The van der Waals surface area contributed by atoms with Crippen LogP contribution in [0.5, 0.6) is 0 Å². The van der Waals surface area contributed by atoms with Crippen LogP contribution in [0.25, 0.3) is 0 Å². The van der Waals surface area contributed by atoms with Gasteiger partial charge in [0.1, 0.15) is 16.6 Å². The Morgan fingerprint density at radius 2 is 1.93 bits per heavy atom. The highest BCUT2D eigenvalue weighted by Gasteiger charge is 2.45. The minimum Gasteiger partial charge on any atom is -0.365 e. The minimum absolute atomic E-state index is 0.0832. The molecule has 148 valence electrons. The van der Waals surface area contributed by atoms with Gasteiger partial charge in [-0.3, -0.25) is 10.2 Å². The summed E-state index contributed by atoms with van der Waals surface area (Å²) in [7, 11) is -3.56. The molecule has 2 fully saturated rings. The van der Waals surface area contributed by atoms with Gasteiger partial charge < -0.3 is 10.2 Å². The van der Waals surface area contributed by atoms with Crippen LogP contribution in [0.2, 0.25) is 0 Å². The Morgan fingerprint density at radius 3 is 2.59 bits per heavy atom. The van der Waals surface area contributed by atoms with Crippen molar-refractivity contribution in [3.8, 4) is 0 Å². The first-order chi connectivity index (χ1) is 12.9. The van der Waals surface area contributed by atoms with E-state index < -0.39 is 15.7 Å². The topological polar surface area (TPSA) is 103 Å². The molecule has 9 heteroatoms. The van der Waals surface area contributed by atoms with Gasteiger partial charge in [0.2, 0.25) is 15.9 Å². The van der Waals surface area contributed by atoms with Gasteiger partial charge in [0.25, 0.3) is 0 Å². The zero-order valence-electron chi connectivity index (χ0n) is 15.7. The van der Waals surface area contributed by atoms with E-state index >= 15 is 0 Å². The summed E-state index contributed by atoms with van der Waals surface area (Å²) < 4.78 is 28.1. The highest BCUT2D eigenvalue weighted by molar-refractivity contribution is 7.89. The van der Waals surface area contributed by atoms with Gasteiger partial charge in [-0.25, -0.2) is 13.8 Å². The van der Waals surface area contributed by atoms with Crippen molar-refractivity contribution in [2.45, 2.75) is 55.8 Å². The maximum Gasteiger partial charge on any atom is 0.244 e. The predicted molar refractivity (Wildman–Crippen MR) is 102 cm³/mol. The lowest BCUT2D eigenvalue weighted by atomic mass is 9.92. The van der Waals surface area contributed by atoms with Crippen molar-refractivity contribution in [2.24, 2.45) is 5.92 Å². The van der Waals surface area contributed by atoms with Crippen LogP contribution in [0.4, 0.5) is 5.69 Å². The Balaban J connectivity index is 1.46. The van der Waals surface area contributed by atoms with Gasteiger partial charge in [0.05, 0.1) is 5.69 Å². The molecule has 0 radical (unpaired) electrons. The number of benzene rings is 1. The van der Waals surface area contributed by atoms with E-state index in [1.807, 2.05) is 11.0 Å². The van der Waals surface area contributed by atoms with Gasteiger partial charge in [0, 0.05) is 32.0 Å². The number of para-hydroxylation sites is 1. The Kier molecular flexibility index (Phi) is 4.66. The summed E-state index contributed by atoms with van der Waals surface area (Å²) in [6.45, 7) is 5.21. The van der Waals surface area contributed by atoms with Crippen molar-refractivity contribution in [3.05, 3.63) is 24.3 Å². The summed E-state index contributed by atoms with van der Waals surface area (Å²) in [6.07, 6.45) is 2.02. The smallest absolute Gasteiger partial charge is 0.244 e. The number of amides is 1. The number of likely N-dealkylation sites (tertiary alicyclic amines) is 1. The van der Waals surface area contributed by atoms with Crippen molar-refractivity contribution in [1.29, 1.82) is 0 Å². The first kappa shape index (κ1) is 18.7. The zero-order valence-corrected chi connectivity index (χ0v) is 16.5. The fraction of sp³-hybridized carbons (Fsp3) is 0.611. The van der Waals surface area contributed by atoms with Gasteiger partial charge in [-0.2, -0.15) is 4.72 Å². The first-order valence-electron chi connectivity index (χ1n) is 9.56. The molecule has 1 aromatic carbocycles. The number of nitrogens with zero attached hydrogens (tertiary/aromatic N) is 1. The van der Waals surface area contributed by atoms with E-state index in [0.717, 1.165) is 6.42 Å². The quantitative estimate of drug-likeness (QED) is 0.587. The number of fused-ring (bicyclic) bond motifs is 1. The number of hydrazine groups is 1. The highest BCUT2D eigenvalue weighted by Crippen LogP contribution is 2.35. The van der Waals surface area contributed by atoms with Gasteiger partial charge >= 0.3 is 0 Å². The second-order valence-corrected chi connectivity index (χ2v) is 9.43. The van der Waals surface area contributed by atoms with E-state index in [-0.39, 0.29) is 22.8 Å². The van der Waals surface area contributed by atoms with E-state index in [2.05, 4.69) is 34.7 Å². The average Bonchev–Trinajstić information content (AvgIpc) is 3.02. The third-order valence-electron chi connectivity index (χ3n) is 6.10. The standard InChI is InChI=1S/C18H27N5O3S/c1-3-13-12(2)16(21-20-13)17(24)23-10-8-18(9-11-23)19-14-6-4-5-7-15(14)27(25,26)22-18/h4-7,12-13,16,19-22H,3,8-11H2,1-2H3. The fourth-order valence-electron chi connectivity index (χ4n) is 4.38. The van der Waals surface area contributed by atoms with Crippen molar-refractivity contribution >= 4 is 21.6 Å². The van der Waals surface area contributed by atoms with Crippen LogP contribution in [0.1, 0.15) is 33.1 Å². The van der Waals surface area contributed by atoms with Crippen LogP contribution in [0, 0.1) is 5.92 Å². The molecule has 0 bridgehead atoms. The van der Waals surface area contributed by atoms with Crippen LogP contribution >= 0.6 is 0 Å². The molecule has 4 N–H and O–H groups in total. The van der Waals surface area contributed by atoms with Crippen LogP contribution in [-0.2, 0) is 14.8 Å². The summed E-state index contributed by atoms with van der Waals surface area (Å²) in [5.74, 6) is 0.302. The Hall–Kier alpha value is -1.68. The summed E-state index contributed by atoms with van der Waals surface area (Å²) >= 11 is 0. The second-order valence-electron chi connectivity index (χ2n) is 7.77. The molecule has 0 saturated carbocycles. The van der Waals surface area contributed by atoms with Gasteiger partial charge in [0.15, 0.2) is 0 Å². The third kappa shape index (κ3) is 3.22. The van der Waals surface area contributed by atoms with Crippen LogP contribution in [0.3, 0.4) is 0 Å². The number of anilines is 1. The highest BCUT2D eigenvalue weighted by atomic mass is 32.2. The summed E-state index contributed by atoms with van der Waals surface area (Å²) in [5, 5.41) is 3.37. The lowest BCUT2D eigenvalue weighted by Crippen LogP contribution is -2.63. The van der Waals surface area contributed by atoms with Gasteiger partial charge in [-0.1, -0.05) is 26.0 Å². The molecule has 3 unspecified atom stereocenters. The largest absolute Gasteiger partial charge is 0.365 e. The van der Waals surface area contributed by atoms with Crippen molar-refractivity contribution < 1.29 is 13.2 Å². The van der Waals surface area contributed by atoms with E-state index in [4.69, 9.17) is 0 Å². The first-order valence-corrected chi connectivity index (χ1v) is 11.0. The molecule has 1 amide bonds. The molecule has 3 aliphatic rings. The zero-order chi connectivity index (χ0) is 19.2. The monoisotopic (exact) mass is 393 g/mol. The maximum absolute atomic E-state index is 12.9. The van der Waals surface area contributed by atoms with E-state index in [0.29, 0.717) is 37.7 Å². The van der Waals surface area contributed by atoms with E-state index in [1.54, 1.807) is 18.2 Å². The van der Waals surface area contributed by atoms with Crippen LogP contribution < -0.4 is 20.9 Å². The summed E-state index contributed by atoms with van der Waals surface area (Å²) in [4.78, 5) is 15.0. The van der Waals surface area contributed by atoms with Crippen molar-refractivity contribution in [1.82, 2.24) is 20.5 Å². The number of nitrogens with one attached hydrogen (secondary N) is 4. The van der Waals surface area contributed by atoms with E-state index in [1.165, 1.54) is 0 Å². The van der Waals surface area contributed by atoms with Gasteiger partial charge in [-0.05, 0) is 24.5 Å². The fourth-order valence-corrected chi connectivity index (χ4v) is 5.93. The molecular weight excluding hydrogens is 366 g/mol. The lowest BCUT2D eigenvalue weighted by molar-refractivity contribution is -0.135. The van der Waals surface area contributed by atoms with Crippen molar-refractivity contribution in [2.75, 3.05) is 18.4 Å². The SMILES string of the molecule is CCC1NNC(C(=O)N2CCC3(CC2)Nc2ccccc2S(=O)(=O)N3)C1C. The van der Waals surface area contributed by atoms with Crippen LogP contribution in [-0.4, -0.2) is 50.1 Å². The summed E-state index contributed by atoms with van der Waals surface area (Å²) in [6, 6.07) is 6.98. The second kappa shape index (κ2) is 6.73. The molecule has 1 spiro atoms. The van der Waals surface area contributed by atoms with Crippen LogP contribution in [0.15, 0.2) is 29.2 Å². The molecule has 1 aromatic rings. The number of hydrogen-bond donors (Lipinski definition) is 4. The minimum atomic E-state index is -3.56. The molecule has 3 aliphatic heterocycles. The number of hydrogen-bond acceptors (Lipinski definition) is 6. The molecule has 4 rings (SSSR count). The molecular formula is C18H27N5O3S. The van der Waals surface area contributed by atoms with Gasteiger partial charge in [-0.15, -0.1) is 0 Å². The molecule has 3 heterocycles. The third-order valence-corrected chi connectivity index (χ3v) is 7.69. The number of carbonyl (C=O) groups is 1. The summed E-state index contributed by atoms with van der Waals surface area (Å²) in [5.41, 5.74) is 6.23. The Bertz CT molecular complexity index is 835. The normalized spacial score (nSPS) is 31.3. The maximum atomic E-state index is 12.9. The number of rotatable bonds is 2. The number of sulfonamides is 1. The molecule has 0 aromatic heterocycles. The predicted octanol–water partition coefficient (Wildman–Crippen LogP) is 0.600. The Labute approximate surface area is 160 Å². The average molecular weight is 394 g/mol. The molecule has 8 nitrogen and oxygen atoms in total. The van der Waals surface area contributed by atoms with E-state index in [9.17, 15) is 13.2 Å². The number of piperidine rings is 1. The molecule has 27 heavy (non-hydrogen) atoms. The molecule has 2 saturated heterocycles. The Morgan fingerprint density at radius 1 is 1.22 bits per heavy atom. The molecule has 3 atom stereocenters.